The van der Waals surface area contributed by atoms with Gasteiger partial charge in [-0.15, -0.1) is 10.2 Å². The van der Waals surface area contributed by atoms with Gasteiger partial charge in [0.2, 0.25) is 4.96 Å². The number of hydrogen-bond acceptors (Lipinski definition) is 5. The number of benzene rings is 1. The van der Waals surface area contributed by atoms with Crippen LogP contribution >= 0.6 is 11.3 Å². The molecule has 0 saturated heterocycles. The van der Waals surface area contributed by atoms with Crippen LogP contribution < -0.4 is 5.73 Å². The summed E-state index contributed by atoms with van der Waals surface area (Å²) in [7, 11) is 0. The van der Waals surface area contributed by atoms with Gasteiger partial charge in [-0.3, -0.25) is 0 Å². The lowest BCUT2D eigenvalue weighted by atomic mass is 10.2. The van der Waals surface area contributed by atoms with E-state index in [1.165, 1.54) is 0 Å². The number of nitrogens with zero attached hydrogens (tertiary/aromatic N) is 4. The molecule has 0 aliphatic carbocycles. The molecular weight excluding hydrogens is 317 g/mol. The molecule has 11 heteroatoms. The Hall–Kier alpha value is -2.30. The molecule has 2 aromatic heterocycles. The van der Waals surface area contributed by atoms with Crippen molar-refractivity contribution in [3.8, 4) is 10.6 Å². The first-order chi connectivity index (χ1) is 9.77. The number of rotatable bonds is 1. The van der Waals surface area contributed by atoms with E-state index in [0.717, 1.165) is 23.5 Å². The first-order valence-corrected chi connectivity index (χ1v) is 6.13. The lowest BCUT2D eigenvalue weighted by molar-refractivity contribution is -0.146. The Balaban J connectivity index is 2.19. The summed E-state index contributed by atoms with van der Waals surface area (Å²) in [5.74, 6) is -3.64. The van der Waals surface area contributed by atoms with E-state index in [1.807, 2.05) is 0 Å². The molecule has 0 radical (unpaired) electrons. The SMILES string of the molecule is Nc1cc(F)c(F)cc1-c1nn2c(C(F)(F)F)nnc2s1. The molecule has 0 atom stereocenters. The van der Waals surface area contributed by atoms with E-state index in [9.17, 15) is 22.0 Å². The predicted molar refractivity (Wildman–Crippen MR) is 63.4 cm³/mol. The molecule has 21 heavy (non-hydrogen) atoms. The zero-order valence-corrected chi connectivity index (χ0v) is 10.6. The topological polar surface area (TPSA) is 69.1 Å². The number of aromatic nitrogens is 4. The van der Waals surface area contributed by atoms with Crippen molar-refractivity contribution in [3.63, 3.8) is 0 Å². The lowest BCUT2D eigenvalue weighted by Gasteiger charge is -2.03. The van der Waals surface area contributed by atoms with Crippen molar-refractivity contribution in [2.24, 2.45) is 0 Å². The van der Waals surface area contributed by atoms with Crippen molar-refractivity contribution in [1.82, 2.24) is 19.8 Å². The van der Waals surface area contributed by atoms with Gasteiger partial charge in [0, 0.05) is 17.3 Å². The standard InChI is InChI=1S/C10H4F5N5S/c11-4-1-3(6(16)2-5(4)12)7-19-20-8(10(13,14)15)17-18-9(20)21-7/h1-2H,16H2. The van der Waals surface area contributed by atoms with Crippen LogP contribution in [-0.4, -0.2) is 19.8 Å². The predicted octanol–water partition coefficient (Wildman–Crippen LogP) is 2.73. The third kappa shape index (κ3) is 2.18. The Bertz CT molecular complexity index is 836. The third-order valence-corrected chi connectivity index (χ3v) is 3.50. The lowest BCUT2D eigenvalue weighted by Crippen LogP contribution is -2.11. The van der Waals surface area contributed by atoms with Crippen LogP contribution in [-0.2, 0) is 6.18 Å². The summed E-state index contributed by atoms with van der Waals surface area (Å²) in [5, 5.41) is 9.96. The van der Waals surface area contributed by atoms with Crippen molar-refractivity contribution < 1.29 is 22.0 Å². The molecule has 5 nitrogen and oxygen atoms in total. The minimum absolute atomic E-state index is 0.0162. The highest BCUT2D eigenvalue weighted by molar-refractivity contribution is 7.19. The molecule has 2 heterocycles. The van der Waals surface area contributed by atoms with Gasteiger partial charge < -0.3 is 5.73 Å². The molecular formula is C10H4F5N5S. The molecule has 0 spiro atoms. The Morgan fingerprint density at radius 1 is 1.10 bits per heavy atom. The largest absolute Gasteiger partial charge is 0.453 e. The summed E-state index contributed by atoms with van der Waals surface area (Å²) >= 11 is 0.725. The van der Waals surface area contributed by atoms with Crippen LogP contribution in [0.25, 0.3) is 15.5 Å². The Morgan fingerprint density at radius 3 is 2.43 bits per heavy atom. The van der Waals surface area contributed by atoms with Crippen molar-refractivity contribution in [1.29, 1.82) is 0 Å². The van der Waals surface area contributed by atoms with Crippen molar-refractivity contribution in [2.75, 3.05) is 5.73 Å². The average molecular weight is 321 g/mol. The van der Waals surface area contributed by atoms with E-state index in [1.54, 1.807) is 0 Å². The highest BCUT2D eigenvalue weighted by Gasteiger charge is 2.38. The van der Waals surface area contributed by atoms with E-state index in [4.69, 9.17) is 5.73 Å². The normalized spacial score (nSPS) is 12.2. The smallest absolute Gasteiger partial charge is 0.398 e. The van der Waals surface area contributed by atoms with Gasteiger partial charge in [-0.25, -0.2) is 8.78 Å². The van der Waals surface area contributed by atoms with Gasteiger partial charge in [-0.05, 0) is 6.07 Å². The zero-order valence-electron chi connectivity index (χ0n) is 9.82. The summed E-state index contributed by atoms with van der Waals surface area (Å²) in [6.07, 6.45) is -4.73. The summed E-state index contributed by atoms with van der Waals surface area (Å²) in [6.45, 7) is 0. The third-order valence-electron chi connectivity index (χ3n) is 2.57. The maximum absolute atomic E-state index is 13.2. The van der Waals surface area contributed by atoms with Gasteiger partial charge in [0.1, 0.15) is 5.01 Å². The summed E-state index contributed by atoms with van der Waals surface area (Å²) in [5.41, 5.74) is 5.37. The van der Waals surface area contributed by atoms with Gasteiger partial charge in [0.25, 0.3) is 5.82 Å². The monoisotopic (exact) mass is 321 g/mol. The van der Waals surface area contributed by atoms with E-state index in [-0.39, 0.29) is 21.2 Å². The number of fused-ring (bicyclic) bond motifs is 1. The molecule has 0 aliphatic rings. The second-order valence-electron chi connectivity index (χ2n) is 3.98. The molecule has 0 bridgehead atoms. The van der Waals surface area contributed by atoms with Gasteiger partial charge in [-0.1, -0.05) is 11.3 Å². The molecule has 0 aliphatic heterocycles. The fraction of sp³-hybridized carbons (Fsp3) is 0.100. The van der Waals surface area contributed by atoms with Crippen LogP contribution in [0.4, 0.5) is 27.6 Å². The van der Waals surface area contributed by atoms with Crippen LogP contribution in [0.3, 0.4) is 0 Å². The van der Waals surface area contributed by atoms with Crippen LogP contribution in [0, 0.1) is 11.6 Å². The van der Waals surface area contributed by atoms with E-state index < -0.39 is 23.6 Å². The number of nitrogens with two attached hydrogens (primary N) is 1. The van der Waals surface area contributed by atoms with Crippen molar-refractivity contribution >= 4 is 22.0 Å². The molecule has 0 saturated carbocycles. The maximum Gasteiger partial charge on any atom is 0.453 e. The number of nitrogen functional groups attached to an aromatic ring is 1. The highest BCUT2D eigenvalue weighted by atomic mass is 32.1. The summed E-state index contributed by atoms with van der Waals surface area (Å²) in [4.78, 5) is -0.138. The van der Waals surface area contributed by atoms with E-state index in [0.29, 0.717) is 4.52 Å². The van der Waals surface area contributed by atoms with Crippen LogP contribution in [0.15, 0.2) is 12.1 Å². The van der Waals surface area contributed by atoms with Gasteiger partial charge in [0.15, 0.2) is 11.6 Å². The van der Waals surface area contributed by atoms with E-state index in [2.05, 4.69) is 15.3 Å². The van der Waals surface area contributed by atoms with Gasteiger partial charge >= 0.3 is 6.18 Å². The number of anilines is 1. The average Bonchev–Trinajstić information content (AvgIpc) is 2.91. The Kier molecular flexibility index (Phi) is 2.83. The van der Waals surface area contributed by atoms with Crippen LogP contribution in [0.2, 0.25) is 0 Å². The fourth-order valence-electron chi connectivity index (χ4n) is 1.65. The quantitative estimate of drug-likeness (QED) is 0.553. The molecule has 0 fully saturated rings. The first-order valence-electron chi connectivity index (χ1n) is 5.31. The van der Waals surface area contributed by atoms with Crippen LogP contribution in [0.5, 0.6) is 0 Å². The molecule has 110 valence electrons. The first kappa shape index (κ1) is 13.7. The van der Waals surface area contributed by atoms with Gasteiger partial charge in [0.05, 0.1) is 0 Å². The Labute approximate surface area is 116 Å². The Morgan fingerprint density at radius 2 is 1.76 bits per heavy atom. The number of hydrogen-bond donors (Lipinski definition) is 1. The van der Waals surface area contributed by atoms with Crippen LogP contribution in [0.1, 0.15) is 5.82 Å². The molecule has 2 N–H and O–H groups in total. The second kappa shape index (κ2) is 4.35. The molecule has 3 rings (SSSR count). The summed E-state index contributed by atoms with van der Waals surface area (Å²) in [6, 6.07) is 1.50. The van der Waals surface area contributed by atoms with E-state index >= 15 is 0 Å². The van der Waals surface area contributed by atoms with Gasteiger partial charge in [-0.2, -0.15) is 22.8 Å². The number of halogens is 5. The molecule has 0 unspecified atom stereocenters. The zero-order chi connectivity index (χ0) is 15.4. The molecule has 0 amide bonds. The van der Waals surface area contributed by atoms with Crippen molar-refractivity contribution in [2.45, 2.75) is 6.18 Å². The maximum atomic E-state index is 13.2. The summed E-state index contributed by atoms with van der Waals surface area (Å²) < 4.78 is 64.7. The minimum atomic E-state index is -4.73. The fourth-order valence-corrected chi connectivity index (χ4v) is 2.53. The minimum Gasteiger partial charge on any atom is -0.398 e. The van der Waals surface area contributed by atoms with Crippen molar-refractivity contribution in [3.05, 3.63) is 29.6 Å². The number of alkyl halides is 3. The highest BCUT2D eigenvalue weighted by Crippen LogP contribution is 2.34. The second-order valence-corrected chi connectivity index (χ2v) is 4.93. The molecule has 3 aromatic rings. The molecule has 1 aromatic carbocycles.